The van der Waals surface area contributed by atoms with Crippen LogP contribution in [0.4, 0.5) is 0 Å². The van der Waals surface area contributed by atoms with Crippen LogP contribution in [0.2, 0.25) is 0 Å². The molecule has 1 aliphatic heterocycles. The molecule has 0 aromatic rings. The SMILES string of the molecule is CC(C)COCCN1CC(C)NCC1C(C)(C)C. The summed E-state index contributed by atoms with van der Waals surface area (Å²) in [5.41, 5.74) is 0.325. The maximum absolute atomic E-state index is 5.73. The van der Waals surface area contributed by atoms with Crippen LogP contribution in [0.1, 0.15) is 41.5 Å². The van der Waals surface area contributed by atoms with E-state index < -0.39 is 0 Å². The smallest absolute Gasteiger partial charge is 0.0593 e. The van der Waals surface area contributed by atoms with Crippen LogP contribution in [0.15, 0.2) is 0 Å². The largest absolute Gasteiger partial charge is 0.380 e. The van der Waals surface area contributed by atoms with Crippen LogP contribution < -0.4 is 5.32 Å². The Bertz CT molecular complexity index is 235. The fourth-order valence-corrected chi connectivity index (χ4v) is 2.59. The maximum Gasteiger partial charge on any atom is 0.0593 e. The summed E-state index contributed by atoms with van der Waals surface area (Å²) in [7, 11) is 0. The third-order valence-electron chi connectivity index (χ3n) is 3.58. The summed E-state index contributed by atoms with van der Waals surface area (Å²) in [4.78, 5) is 2.60. The second kappa shape index (κ2) is 6.88. The van der Waals surface area contributed by atoms with Gasteiger partial charge in [-0.25, -0.2) is 0 Å². The van der Waals surface area contributed by atoms with Crippen molar-refractivity contribution in [2.75, 3.05) is 32.8 Å². The predicted molar refractivity (Wildman–Crippen MR) is 77.9 cm³/mol. The van der Waals surface area contributed by atoms with Crippen molar-refractivity contribution in [1.29, 1.82) is 0 Å². The van der Waals surface area contributed by atoms with E-state index in [1.807, 2.05) is 0 Å². The zero-order valence-corrected chi connectivity index (χ0v) is 13.1. The molecule has 0 aromatic carbocycles. The molecule has 1 heterocycles. The average molecular weight is 256 g/mol. The van der Waals surface area contributed by atoms with E-state index in [-0.39, 0.29) is 0 Å². The number of nitrogens with one attached hydrogen (secondary N) is 1. The fourth-order valence-electron chi connectivity index (χ4n) is 2.59. The third-order valence-corrected chi connectivity index (χ3v) is 3.58. The highest BCUT2D eigenvalue weighted by atomic mass is 16.5. The third kappa shape index (κ3) is 5.25. The predicted octanol–water partition coefficient (Wildman–Crippen LogP) is 2.37. The van der Waals surface area contributed by atoms with Crippen molar-refractivity contribution in [2.45, 2.75) is 53.6 Å². The van der Waals surface area contributed by atoms with Crippen LogP contribution in [-0.2, 0) is 4.74 Å². The monoisotopic (exact) mass is 256 g/mol. The number of rotatable bonds is 5. The molecule has 0 spiro atoms. The number of nitrogens with zero attached hydrogens (tertiary/aromatic N) is 1. The normalized spacial score (nSPS) is 26.8. The Morgan fingerprint density at radius 3 is 2.56 bits per heavy atom. The van der Waals surface area contributed by atoms with Gasteiger partial charge >= 0.3 is 0 Å². The Morgan fingerprint density at radius 2 is 2.00 bits per heavy atom. The van der Waals surface area contributed by atoms with E-state index in [0.29, 0.717) is 23.4 Å². The van der Waals surface area contributed by atoms with Gasteiger partial charge in [0.15, 0.2) is 0 Å². The molecule has 1 fully saturated rings. The minimum absolute atomic E-state index is 0.325. The summed E-state index contributed by atoms with van der Waals surface area (Å²) < 4.78 is 5.73. The van der Waals surface area contributed by atoms with Gasteiger partial charge < -0.3 is 10.1 Å². The molecule has 0 aliphatic carbocycles. The second-order valence-electron chi connectivity index (χ2n) is 7.15. The standard InChI is InChI=1S/C15H32N2O/c1-12(2)11-18-8-7-17-10-13(3)16-9-14(17)15(4,5)6/h12-14,16H,7-11H2,1-6H3. The molecule has 0 amide bonds. The Morgan fingerprint density at radius 1 is 1.33 bits per heavy atom. The molecule has 3 nitrogen and oxygen atoms in total. The quantitative estimate of drug-likeness (QED) is 0.764. The molecule has 0 saturated carbocycles. The lowest BCUT2D eigenvalue weighted by atomic mass is 9.84. The minimum Gasteiger partial charge on any atom is -0.380 e. The zero-order chi connectivity index (χ0) is 13.8. The lowest BCUT2D eigenvalue weighted by Gasteiger charge is -2.45. The molecule has 0 bridgehead atoms. The van der Waals surface area contributed by atoms with E-state index in [1.165, 1.54) is 0 Å². The molecule has 1 aliphatic rings. The van der Waals surface area contributed by atoms with Gasteiger partial charge in [0.05, 0.1) is 6.61 Å². The Kier molecular flexibility index (Phi) is 6.09. The van der Waals surface area contributed by atoms with E-state index >= 15 is 0 Å². The number of ether oxygens (including phenoxy) is 1. The van der Waals surface area contributed by atoms with Gasteiger partial charge in [-0.1, -0.05) is 34.6 Å². The molecular formula is C15H32N2O. The van der Waals surface area contributed by atoms with Gasteiger partial charge in [-0.05, 0) is 18.3 Å². The molecular weight excluding hydrogens is 224 g/mol. The first kappa shape index (κ1) is 15.9. The highest BCUT2D eigenvalue weighted by Gasteiger charge is 2.33. The van der Waals surface area contributed by atoms with Gasteiger partial charge in [-0.15, -0.1) is 0 Å². The minimum atomic E-state index is 0.325. The number of piperazine rings is 1. The summed E-state index contributed by atoms with van der Waals surface area (Å²) in [6, 6.07) is 1.20. The van der Waals surface area contributed by atoms with Gasteiger partial charge in [0.2, 0.25) is 0 Å². The van der Waals surface area contributed by atoms with Crippen molar-refractivity contribution in [2.24, 2.45) is 11.3 Å². The van der Waals surface area contributed by atoms with Crippen molar-refractivity contribution >= 4 is 0 Å². The van der Waals surface area contributed by atoms with Gasteiger partial charge in [0.1, 0.15) is 0 Å². The van der Waals surface area contributed by atoms with Crippen LogP contribution in [-0.4, -0.2) is 49.8 Å². The molecule has 2 unspecified atom stereocenters. The molecule has 3 heteroatoms. The van der Waals surface area contributed by atoms with Crippen molar-refractivity contribution in [3.05, 3.63) is 0 Å². The molecule has 2 atom stereocenters. The summed E-state index contributed by atoms with van der Waals surface area (Å²) in [6.07, 6.45) is 0. The van der Waals surface area contributed by atoms with E-state index in [0.717, 1.165) is 32.8 Å². The van der Waals surface area contributed by atoms with E-state index in [4.69, 9.17) is 4.74 Å². The summed E-state index contributed by atoms with van der Waals surface area (Å²) in [5, 5.41) is 3.59. The second-order valence-corrected chi connectivity index (χ2v) is 7.15. The molecule has 0 aromatic heterocycles. The highest BCUT2D eigenvalue weighted by molar-refractivity contribution is 4.91. The van der Waals surface area contributed by atoms with Gasteiger partial charge in [0, 0.05) is 38.3 Å². The molecule has 18 heavy (non-hydrogen) atoms. The zero-order valence-electron chi connectivity index (χ0n) is 13.1. The molecule has 1 N–H and O–H groups in total. The van der Waals surface area contributed by atoms with E-state index in [9.17, 15) is 0 Å². The topological polar surface area (TPSA) is 24.5 Å². The van der Waals surface area contributed by atoms with Crippen LogP contribution in [0.25, 0.3) is 0 Å². The lowest BCUT2D eigenvalue weighted by molar-refractivity contribution is 0.0221. The molecule has 1 saturated heterocycles. The fraction of sp³-hybridized carbons (Fsp3) is 1.00. The van der Waals surface area contributed by atoms with Gasteiger partial charge in [0.25, 0.3) is 0 Å². The van der Waals surface area contributed by atoms with Crippen LogP contribution in [0, 0.1) is 11.3 Å². The van der Waals surface area contributed by atoms with Crippen molar-refractivity contribution in [3.8, 4) is 0 Å². The van der Waals surface area contributed by atoms with Crippen LogP contribution in [0.5, 0.6) is 0 Å². The van der Waals surface area contributed by atoms with Crippen molar-refractivity contribution in [1.82, 2.24) is 10.2 Å². The Balaban J connectivity index is 2.42. The lowest BCUT2D eigenvalue weighted by Crippen LogP contribution is -2.60. The first-order chi connectivity index (χ1) is 8.30. The highest BCUT2D eigenvalue weighted by Crippen LogP contribution is 2.26. The van der Waals surface area contributed by atoms with E-state index in [2.05, 4.69) is 51.8 Å². The summed E-state index contributed by atoms with van der Waals surface area (Å²) in [5.74, 6) is 0.630. The Labute approximate surface area is 113 Å². The van der Waals surface area contributed by atoms with E-state index in [1.54, 1.807) is 0 Å². The summed E-state index contributed by atoms with van der Waals surface area (Å²) >= 11 is 0. The van der Waals surface area contributed by atoms with Crippen LogP contribution in [0.3, 0.4) is 0 Å². The maximum atomic E-state index is 5.73. The first-order valence-electron chi connectivity index (χ1n) is 7.36. The van der Waals surface area contributed by atoms with Gasteiger partial charge in [-0.2, -0.15) is 0 Å². The molecule has 0 radical (unpaired) electrons. The average Bonchev–Trinajstić information content (AvgIpc) is 2.22. The van der Waals surface area contributed by atoms with Crippen LogP contribution >= 0.6 is 0 Å². The Hall–Kier alpha value is -0.120. The number of hydrogen-bond donors (Lipinski definition) is 1. The van der Waals surface area contributed by atoms with Gasteiger partial charge in [-0.3, -0.25) is 4.90 Å². The molecule has 1 rings (SSSR count). The molecule has 108 valence electrons. The first-order valence-corrected chi connectivity index (χ1v) is 7.36. The summed E-state index contributed by atoms with van der Waals surface area (Å²) in [6.45, 7) is 18.7. The van der Waals surface area contributed by atoms with Crippen molar-refractivity contribution in [3.63, 3.8) is 0 Å². The van der Waals surface area contributed by atoms with Crippen molar-refractivity contribution < 1.29 is 4.74 Å². The number of hydrogen-bond acceptors (Lipinski definition) is 3.